The van der Waals surface area contributed by atoms with Crippen molar-refractivity contribution in [3.63, 3.8) is 0 Å². The third-order valence-corrected chi connectivity index (χ3v) is 5.50. The molecule has 0 amide bonds. The van der Waals surface area contributed by atoms with Crippen molar-refractivity contribution in [3.05, 3.63) is 67.3 Å². The topological polar surface area (TPSA) is 93.4 Å². The van der Waals surface area contributed by atoms with Gasteiger partial charge in [-0.05, 0) is 36.4 Å². The van der Waals surface area contributed by atoms with Gasteiger partial charge in [0, 0.05) is 54.8 Å². The molecule has 1 aliphatic heterocycles. The maximum atomic E-state index is 5.43. The van der Waals surface area contributed by atoms with E-state index in [9.17, 15) is 0 Å². The summed E-state index contributed by atoms with van der Waals surface area (Å²) in [4.78, 5) is 20.3. The van der Waals surface area contributed by atoms with Crippen LogP contribution >= 0.6 is 0 Å². The second kappa shape index (κ2) is 7.86. The first-order chi connectivity index (χ1) is 15.8. The molecular formula is C23H20N8O. The number of ether oxygens (including phenoxy) is 1. The number of rotatable bonds is 4. The van der Waals surface area contributed by atoms with Gasteiger partial charge in [-0.1, -0.05) is 6.07 Å². The summed E-state index contributed by atoms with van der Waals surface area (Å²) in [7, 11) is 0. The molecule has 0 bridgehead atoms. The second-order valence-corrected chi connectivity index (χ2v) is 7.51. The predicted molar refractivity (Wildman–Crippen MR) is 122 cm³/mol. The van der Waals surface area contributed by atoms with E-state index in [2.05, 4.69) is 42.4 Å². The molecule has 1 aliphatic rings. The van der Waals surface area contributed by atoms with Crippen molar-refractivity contribution < 1.29 is 4.74 Å². The average molecular weight is 424 g/mol. The van der Waals surface area contributed by atoms with E-state index < -0.39 is 0 Å². The highest BCUT2D eigenvalue weighted by Gasteiger charge is 2.13. The lowest BCUT2D eigenvalue weighted by atomic mass is 10.1. The number of aromatic nitrogens is 6. The van der Waals surface area contributed by atoms with E-state index in [1.54, 1.807) is 29.3 Å². The molecule has 0 atom stereocenters. The van der Waals surface area contributed by atoms with Crippen LogP contribution in [-0.2, 0) is 4.74 Å². The first kappa shape index (κ1) is 18.6. The molecule has 3 aromatic heterocycles. The van der Waals surface area contributed by atoms with Crippen LogP contribution in [0.25, 0.3) is 27.9 Å². The number of nitrogens with one attached hydrogen (secondary N) is 1. The van der Waals surface area contributed by atoms with E-state index in [1.165, 1.54) is 5.69 Å². The summed E-state index contributed by atoms with van der Waals surface area (Å²) in [5.74, 6) is 0.513. The van der Waals surface area contributed by atoms with Gasteiger partial charge in [0.1, 0.15) is 5.69 Å². The van der Waals surface area contributed by atoms with Gasteiger partial charge in [-0.25, -0.2) is 4.52 Å². The summed E-state index contributed by atoms with van der Waals surface area (Å²) in [6.45, 7) is 3.37. The number of nitrogens with zero attached hydrogens (tertiary/aromatic N) is 7. The fourth-order valence-electron chi connectivity index (χ4n) is 3.89. The quantitative estimate of drug-likeness (QED) is 0.470. The minimum Gasteiger partial charge on any atom is -0.378 e. The molecule has 5 aromatic rings. The normalized spacial score (nSPS) is 14.2. The number of anilines is 3. The Morgan fingerprint density at radius 2 is 1.66 bits per heavy atom. The van der Waals surface area contributed by atoms with E-state index in [0.717, 1.165) is 54.3 Å². The van der Waals surface area contributed by atoms with Gasteiger partial charge in [0.05, 0.1) is 24.2 Å². The Morgan fingerprint density at radius 1 is 0.844 bits per heavy atom. The van der Waals surface area contributed by atoms with Crippen LogP contribution in [0.3, 0.4) is 0 Å². The number of benzene rings is 2. The van der Waals surface area contributed by atoms with Gasteiger partial charge in [0.15, 0.2) is 5.65 Å². The molecule has 9 nitrogen and oxygen atoms in total. The number of hydrogen-bond acceptors (Lipinski definition) is 8. The van der Waals surface area contributed by atoms with Crippen molar-refractivity contribution in [2.45, 2.75) is 0 Å². The van der Waals surface area contributed by atoms with Gasteiger partial charge in [0.2, 0.25) is 5.95 Å². The zero-order valence-electron chi connectivity index (χ0n) is 17.2. The number of hydrogen-bond donors (Lipinski definition) is 1. The molecule has 1 fully saturated rings. The molecule has 0 spiro atoms. The monoisotopic (exact) mass is 424 g/mol. The van der Waals surface area contributed by atoms with Crippen LogP contribution in [0.15, 0.2) is 67.3 Å². The van der Waals surface area contributed by atoms with Crippen molar-refractivity contribution in [1.82, 2.24) is 29.5 Å². The van der Waals surface area contributed by atoms with E-state index in [-0.39, 0.29) is 0 Å². The van der Waals surface area contributed by atoms with Gasteiger partial charge < -0.3 is 15.0 Å². The summed E-state index contributed by atoms with van der Waals surface area (Å²) in [6, 6.07) is 14.2. The first-order valence-corrected chi connectivity index (χ1v) is 10.5. The zero-order valence-corrected chi connectivity index (χ0v) is 17.2. The molecule has 0 saturated carbocycles. The maximum absolute atomic E-state index is 5.43. The molecule has 32 heavy (non-hydrogen) atoms. The van der Waals surface area contributed by atoms with Crippen LogP contribution in [0.5, 0.6) is 0 Å². The van der Waals surface area contributed by atoms with E-state index in [0.29, 0.717) is 11.6 Å². The van der Waals surface area contributed by atoms with Crippen LogP contribution in [-0.4, -0.2) is 55.9 Å². The van der Waals surface area contributed by atoms with Gasteiger partial charge in [-0.2, -0.15) is 4.98 Å². The van der Waals surface area contributed by atoms with Crippen LogP contribution in [0.2, 0.25) is 0 Å². The first-order valence-electron chi connectivity index (χ1n) is 10.5. The van der Waals surface area contributed by atoms with E-state index in [4.69, 9.17) is 9.72 Å². The van der Waals surface area contributed by atoms with Crippen LogP contribution < -0.4 is 10.2 Å². The number of morpholine rings is 1. The molecule has 6 rings (SSSR count). The largest absolute Gasteiger partial charge is 0.378 e. The van der Waals surface area contributed by atoms with E-state index in [1.807, 2.05) is 30.3 Å². The Morgan fingerprint density at radius 3 is 2.50 bits per heavy atom. The predicted octanol–water partition coefficient (Wildman–Crippen LogP) is 3.31. The molecule has 0 unspecified atom stereocenters. The molecule has 158 valence electrons. The van der Waals surface area contributed by atoms with Crippen LogP contribution in [0.1, 0.15) is 0 Å². The van der Waals surface area contributed by atoms with Crippen LogP contribution in [0, 0.1) is 0 Å². The van der Waals surface area contributed by atoms with Gasteiger partial charge >= 0.3 is 0 Å². The molecule has 2 aromatic carbocycles. The summed E-state index contributed by atoms with van der Waals surface area (Å²) >= 11 is 0. The molecular weight excluding hydrogens is 404 g/mol. The SMILES string of the molecule is c1cn2nc(Nc3ccc(N4CCOCC4)cc3)nc2c(-c2ccc3nccnc3c2)n1. The second-order valence-electron chi connectivity index (χ2n) is 7.51. The highest BCUT2D eigenvalue weighted by atomic mass is 16.5. The third-order valence-electron chi connectivity index (χ3n) is 5.50. The summed E-state index contributed by atoms with van der Waals surface area (Å²) in [6.07, 6.45) is 6.88. The lowest BCUT2D eigenvalue weighted by molar-refractivity contribution is 0.122. The average Bonchev–Trinajstić information content (AvgIpc) is 3.27. The fourth-order valence-corrected chi connectivity index (χ4v) is 3.89. The van der Waals surface area contributed by atoms with Gasteiger partial charge in [-0.3, -0.25) is 15.0 Å². The highest BCUT2D eigenvalue weighted by Crippen LogP contribution is 2.26. The Labute approximate surface area is 183 Å². The molecule has 1 N–H and O–H groups in total. The Bertz CT molecular complexity index is 1390. The zero-order chi connectivity index (χ0) is 21.3. The summed E-state index contributed by atoms with van der Waals surface area (Å²) in [5, 5.41) is 7.86. The summed E-state index contributed by atoms with van der Waals surface area (Å²) in [5.41, 5.74) is 6.09. The molecule has 1 saturated heterocycles. The summed E-state index contributed by atoms with van der Waals surface area (Å²) < 4.78 is 7.16. The lowest BCUT2D eigenvalue weighted by Crippen LogP contribution is -2.36. The van der Waals surface area contributed by atoms with E-state index >= 15 is 0 Å². The third kappa shape index (κ3) is 3.48. The molecule has 4 heterocycles. The van der Waals surface area contributed by atoms with Gasteiger partial charge in [-0.15, -0.1) is 5.10 Å². The maximum Gasteiger partial charge on any atom is 0.247 e. The molecule has 0 aliphatic carbocycles. The van der Waals surface area contributed by atoms with Gasteiger partial charge in [0.25, 0.3) is 0 Å². The fraction of sp³-hybridized carbons (Fsp3) is 0.174. The Kier molecular flexibility index (Phi) is 4.58. The molecule has 9 heteroatoms. The minimum absolute atomic E-state index is 0.513. The van der Waals surface area contributed by atoms with Crippen molar-refractivity contribution in [2.24, 2.45) is 0 Å². The van der Waals surface area contributed by atoms with Crippen LogP contribution in [0.4, 0.5) is 17.3 Å². The van der Waals surface area contributed by atoms with Crippen molar-refractivity contribution in [3.8, 4) is 11.3 Å². The number of fused-ring (bicyclic) bond motifs is 2. The standard InChI is InChI=1S/C23H20N8O/c1-6-19-20(25-8-7-24-19)15-16(1)21-22-28-23(29-31(22)10-9-26-21)27-17-2-4-18(5-3-17)30-11-13-32-14-12-30/h1-10,15H,11-14H2,(H,27,29). The lowest BCUT2D eigenvalue weighted by Gasteiger charge is -2.28. The minimum atomic E-state index is 0.513. The van der Waals surface area contributed by atoms with Crippen molar-refractivity contribution in [2.75, 3.05) is 36.5 Å². The molecule has 0 radical (unpaired) electrons. The van der Waals surface area contributed by atoms with Crippen molar-refractivity contribution in [1.29, 1.82) is 0 Å². The Hall–Kier alpha value is -4.11. The highest BCUT2D eigenvalue weighted by molar-refractivity contribution is 5.84. The Balaban J connectivity index is 1.29. The van der Waals surface area contributed by atoms with Crippen molar-refractivity contribution >= 4 is 34.0 Å². The smallest absolute Gasteiger partial charge is 0.247 e.